The lowest BCUT2D eigenvalue weighted by atomic mass is 9.98. The van der Waals surface area contributed by atoms with Crippen molar-refractivity contribution in [2.45, 2.75) is 31.1 Å². The summed E-state index contributed by atoms with van der Waals surface area (Å²) in [5, 5.41) is 4.96. The topological polar surface area (TPSA) is 169 Å². The molecule has 0 radical (unpaired) electrons. The van der Waals surface area contributed by atoms with Crippen LogP contribution in [0.5, 0.6) is 0 Å². The minimum atomic E-state index is -4.69. The van der Waals surface area contributed by atoms with Gasteiger partial charge in [0.2, 0.25) is 17.7 Å². The van der Waals surface area contributed by atoms with E-state index in [2.05, 4.69) is 28.8 Å². The van der Waals surface area contributed by atoms with Crippen molar-refractivity contribution in [3.05, 3.63) is 72.1 Å². The first-order valence-electron chi connectivity index (χ1n) is 12.4. The van der Waals surface area contributed by atoms with E-state index in [0.29, 0.717) is 11.3 Å². The van der Waals surface area contributed by atoms with E-state index >= 15 is 0 Å². The molecule has 10 nitrogen and oxygen atoms in total. The van der Waals surface area contributed by atoms with Gasteiger partial charge >= 0.3 is 6.18 Å². The number of halogens is 3. The van der Waals surface area contributed by atoms with E-state index in [0.717, 1.165) is 6.07 Å². The molecule has 0 aliphatic rings. The molecule has 2 atom stereocenters. The van der Waals surface area contributed by atoms with Crippen LogP contribution in [0.25, 0.3) is 12.2 Å². The molecule has 1 heterocycles. The number of nitrogens with one attached hydrogen (secondary N) is 2. The van der Waals surface area contributed by atoms with E-state index in [1.807, 2.05) is 0 Å². The Kier molecular flexibility index (Phi) is 12.0. The van der Waals surface area contributed by atoms with Crippen LogP contribution in [0.3, 0.4) is 0 Å². The quantitative estimate of drug-likeness (QED) is 0.233. The maximum Gasteiger partial charge on any atom is 0.416 e. The molecular weight excluding hydrogens is 527 g/mol. The standard InChI is InChI=1S/C27H34F3N7O3/c1-3-17-13-19(16-34-22(17)4-2)35-26(40)23(14-18-7-5-6-8-20(18)27(28,29)30)36-25(39)21(33)15-24(38)37(11-9-31)12-10-32/h3-8,13,16,21,23H,1-2,9-12,14-15,31-33H2,(H,35,40)(H,36,39). The lowest BCUT2D eigenvalue weighted by molar-refractivity contribution is -0.138. The molecule has 2 aromatic rings. The molecule has 3 amide bonds. The molecule has 2 rings (SSSR count). The number of hydrogen-bond acceptors (Lipinski definition) is 7. The maximum atomic E-state index is 13.6. The van der Waals surface area contributed by atoms with Crippen molar-refractivity contribution < 1.29 is 27.6 Å². The van der Waals surface area contributed by atoms with E-state index in [-0.39, 0.29) is 37.4 Å². The van der Waals surface area contributed by atoms with Crippen molar-refractivity contribution >= 4 is 35.6 Å². The number of amides is 3. The number of rotatable bonds is 14. The predicted octanol–water partition coefficient (Wildman–Crippen LogP) is 1.52. The smallest absolute Gasteiger partial charge is 0.343 e. The fourth-order valence-electron chi connectivity index (χ4n) is 3.89. The van der Waals surface area contributed by atoms with Crippen LogP contribution in [-0.4, -0.2) is 65.9 Å². The van der Waals surface area contributed by atoms with Gasteiger partial charge in [0.25, 0.3) is 0 Å². The number of aromatic nitrogens is 1. The summed E-state index contributed by atoms with van der Waals surface area (Å²) in [6.07, 6.45) is -1.30. The third-order valence-corrected chi connectivity index (χ3v) is 5.89. The number of carbonyl (C=O) groups is 3. The Morgan fingerprint density at radius 1 is 1.05 bits per heavy atom. The molecule has 216 valence electrons. The number of nitrogens with two attached hydrogens (primary N) is 3. The van der Waals surface area contributed by atoms with Crippen LogP contribution >= 0.6 is 0 Å². The van der Waals surface area contributed by atoms with Gasteiger partial charge in [-0.2, -0.15) is 13.2 Å². The van der Waals surface area contributed by atoms with Crippen LogP contribution < -0.4 is 27.8 Å². The maximum absolute atomic E-state index is 13.6. The largest absolute Gasteiger partial charge is 0.416 e. The van der Waals surface area contributed by atoms with E-state index in [1.165, 1.54) is 41.4 Å². The van der Waals surface area contributed by atoms with Crippen molar-refractivity contribution in [3.63, 3.8) is 0 Å². The molecule has 1 aromatic carbocycles. The fourth-order valence-corrected chi connectivity index (χ4v) is 3.89. The molecule has 0 saturated heterocycles. The summed E-state index contributed by atoms with van der Waals surface area (Å²) >= 11 is 0. The first-order valence-corrected chi connectivity index (χ1v) is 12.4. The number of benzene rings is 1. The molecule has 1 aromatic heterocycles. The zero-order valence-electron chi connectivity index (χ0n) is 21.9. The van der Waals surface area contributed by atoms with Crippen molar-refractivity contribution in [3.8, 4) is 0 Å². The molecule has 0 aliphatic carbocycles. The average molecular weight is 562 g/mol. The van der Waals surface area contributed by atoms with Gasteiger partial charge in [0.05, 0.1) is 35.6 Å². The third kappa shape index (κ3) is 9.00. The number of alkyl halides is 3. The first kappa shape index (κ1) is 32.1. The molecule has 0 spiro atoms. The van der Waals surface area contributed by atoms with Crippen molar-refractivity contribution in [2.24, 2.45) is 17.2 Å². The fraction of sp³-hybridized carbons (Fsp3) is 0.333. The molecule has 8 N–H and O–H groups in total. The Labute approximate surface area is 230 Å². The highest BCUT2D eigenvalue weighted by atomic mass is 19.4. The first-order chi connectivity index (χ1) is 18.9. The number of hydrogen-bond donors (Lipinski definition) is 5. The van der Waals surface area contributed by atoms with E-state index < -0.39 is 54.4 Å². The third-order valence-electron chi connectivity index (χ3n) is 5.89. The van der Waals surface area contributed by atoms with Gasteiger partial charge in [0.1, 0.15) is 6.04 Å². The highest BCUT2D eigenvalue weighted by molar-refractivity contribution is 5.99. The van der Waals surface area contributed by atoms with E-state index in [4.69, 9.17) is 17.2 Å². The highest BCUT2D eigenvalue weighted by Gasteiger charge is 2.35. The minimum absolute atomic E-state index is 0.171. The van der Waals surface area contributed by atoms with Crippen LogP contribution in [0.15, 0.2) is 49.7 Å². The molecule has 0 fully saturated rings. The summed E-state index contributed by atoms with van der Waals surface area (Å²) in [6, 6.07) is 3.39. The summed E-state index contributed by atoms with van der Waals surface area (Å²) in [7, 11) is 0. The Bertz CT molecular complexity index is 1210. The van der Waals surface area contributed by atoms with Gasteiger partial charge < -0.3 is 32.7 Å². The van der Waals surface area contributed by atoms with Gasteiger partial charge in [-0.25, -0.2) is 0 Å². The summed E-state index contributed by atoms with van der Waals surface area (Å²) < 4.78 is 40.9. The normalized spacial score (nSPS) is 12.7. The second kappa shape index (κ2) is 14.9. The molecule has 13 heteroatoms. The van der Waals surface area contributed by atoms with Crippen molar-refractivity contribution in [1.82, 2.24) is 15.2 Å². The van der Waals surface area contributed by atoms with Gasteiger partial charge in [-0.3, -0.25) is 19.4 Å². The second-order valence-corrected chi connectivity index (χ2v) is 8.78. The highest BCUT2D eigenvalue weighted by Crippen LogP contribution is 2.32. The Balaban J connectivity index is 2.32. The number of nitrogens with zero attached hydrogens (tertiary/aromatic N) is 2. The van der Waals surface area contributed by atoms with Gasteiger partial charge in [0.15, 0.2) is 0 Å². The van der Waals surface area contributed by atoms with Gasteiger partial charge in [-0.1, -0.05) is 37.4 Å². The average Bonchev–Trinajstić information content (AvgIpc) is 2.91. The van der Waals surface area contributed by atoms with Gasteiger partial charge in [0, 0.05) is 38.2 Å². The van der Waals surface area contributed by atoms with Gasteiger partial charge in [-0.15, -0.1) is 0 Å². The Morgan fingerprint density at radius 3 is 2.27 bits per heavy atom. The van der Waals surface area contributed by atoms with E-state index in [1.54, 1.807) is 6.07 Å². The predicted molar refractivity (Wildman–Crippen MR) is 147 cm³/mol. The Morgan fingerprint density at radius 2 is 1.70 bits per heavy atom. The SMILES string of the molecule is C=Cc1cc(NC(=O)C(Cc2ccccc2C(F)(F)F)NC(=O)C(N)CC(=O)N(CCN)CCN)cnc1C=C. The monoisotopic (exact) mass is 561 g/mol. The molecule has 0 saturated carbocycles. The summed E-state index contributed by atoms with van der Waals surface area (Å²) in [4.78, 5) is 44.3. The summed E-state index contributed by atoms with van der Waals surface area (Å²) in [6.45, 7) is 8.07. The molecule has 40 heavy (non-hydrogen) atoms. The van der Waals surface area contributed by atoms with Crippen LogP contribution in [0, 0.1) is 0 Å². The zero-order valence-corrected chi connectivity index (χ0v) is 21.9. The lowest BCUT2D eigenvalue weighted by Gasteiger charge is -2.25. The molecule has 0 aliphatic heterocycles. The minimum Gasteiger partial charge on any atom is -0.343 e. The van der Waals surface area contributed by atoms with Gasteiger partial charge in [-0.05, 0) is 23.8 Å². The number of anilines is 1. The van der Waals surface area contributed by atoms with Crippen molar-refractivity contribution in [2.75, 3.05) is 31.5 Å². The molecule has 2 unspecified atom stereocenters. The summed E-state index contributed by atoms with van der Waals surface area (Å²) in [5.74, 6) is -2.20. The zero-order chi connectivity index (χ0) is 29.9. The van der Waals surface area contributed by atoms with Crippen molar-refractivity contribution in [1.29, 1.82) is 0 Å². The lowest BCUT2D eigenvalue weighted by Crippen LogP contribution is -2.52. The Hall–Kier alpha value is -4.07. The molecular formula is C27H34F3N7O3. The summed E-state index contributed by atoms with van der Waals surface area (Å²) in [5.41, 5.74) is 17.1. The number of pyridine rings is 1. The van der Waals surface area contributed by atoms with Crippen LogP contribution in [0.2, 0.25) is 0 Å². The number of carbonyl (C=O) groups excluding carboxylic acids is 3. The molecule has 0 bridgehead atoms. The van der Waals surface area contributed by atoms with E-state index in [9.17, 15) is 27.6 Å². The second-order valence-electron chi connectivity index (χ2n) is 8.78. The van der Waals surface area contributed by atoms with Crippen LogP contribution in [0.4, 0.5) is 18.9 Å². The van der Waals surface area contributed by atoms with Crippen LogP contribution in [0.1, 0.15) is 28.8 Å². The van der Waals surface area contributed by atoms with Crippen LogP contribution in [-0.2, 0) is 27.0 Å².